The summed E-state index contributed by atoms with van der Waals surface area (Å²) >= 11 is 0. The molecule has 19 heavy (non-hydrogen) atoms. The van der Waals surface area contributed by atoms with E-state index in [0.29, 0.717) is 11.6 Å². The highest BCUT2D eigenvalue weighted by atomic mass is 16.6. The van der Waals surface area contributed by atoms with Crippen LogP contribution < -0.4 is 5.32 Å². The number of nitrogens with zero attached hydrogens (tertiary/aromatic N) is 1. The second-order valence-electron chi connectivity index (χ2n) is 4.31. The number of nitro groups is 1. The number of carbonyl (C=O) groups excluding carboxylic acids is 1. The fourth-order valence-corrected chi connectivity index (χ4v) is 1.62. The molecule has 0 aromatic heterocycles. The summed E-state index contributed by atoms with van der Waals surface area (Å²) in [4.78, 5) is 21.5. The van der Waals surface area contributed by atoms with Crippen LogP contribution in [-0.4, -0.2) is 24.0 Å². The fraction of sp³-hybridized carbons (Fsp3) is 0.308. The summed E-state index contributed by atoms with van der Waals surface area (Å²) in [6, 6.07) is 5.29. The molecule has 0 aliphatic heterocycles. The van der Waals surface area contributed by atoms with Crippen LogP contribution in [0.1, 0.15) is 18.4 Å². The molecule has 0 atom stereocenters. The number of benzene rings is 1. The van der Waals surface area contributed by atoms with Gasteiger partial charge < -0.3 is 10.1 Å². The minimum Gasteiger partial charge on any atom is -0.466 e. The molecule has 2 rings (SSSR count). The highest BCUT2D eigenvalue weighted by Crippen LogP contribution is 2.29. The van der Waals surface area contributed by atoms with Gasteiger partial charge in [-0.15, -0.1) is 0 Å². The lowest BCUT2D eigenvalue weighted by Crippen LogP contribution is -2.02. The number of carbonyl (C=O) groups is 1. The van der Waals surface area contributed by atoms with Crippen molar-refractivity contribution in [3.05, 3.63) is 40.0 Å². The Bertz CT molecular complexity index is 535. The molecule has 100 valence electrons. The molecular formula is C13H14N2O4. The summed E-state index contributed by atoms with van der Waals surface area (Å²) in [5, 5.41) is 14.2. The molecule has 0 saturated heterocycles. The van der Waals surface area contributed by atoms with Gasteiger partial charge in [-0.25, -0.2) is 4.79 Å². The molecule has 0 unspecified atom stereocenters. The summed E-state index contributed by atoms with van der Waals surface area (Å²) in [5.41, 5.74) is 1.06. The third-order valence-corrected chi connectivity index (χ3v) is 2.78. The van der Waals surface area contributed by atoms with Crippen molar-refractivity contribution in [1.29, 1.82) is 0 Å². The van der Waals surface area contributed by atoms with Crippen molar-refractivity contribution in [3.63, 3.8) is 0 Å². The van der Waals surface area contributed by atoms with Gasteiger partial charge in [0.15, 0.2) is 0 Å². The van der Waals surface area contributed by atoms with Crippen molar-refractivity contribution >= 4 is 23.4 Å². The molecule has 0 bridgehead atoms. The maximum absolute atomic E-state index is 11.0. The molecule has 6 nitrogen and oxygen atoms in total. The molecule has 1 aromatic carbocycles. The fourth-order valence-electron chi connectivity index (χ4n) is 1.62. The van der Waals surface area contributed by atoms with Gasteiger partial charge in [-0.1, -0.05) is 0 Å². The number of nitro benzene ring substituents is 1. The number of hydrogen-bond acceptors (Lipinski definition) is 5. The SMILES string of the molecule is COC(=O)C=Cc1ccc(NC2CC2)cc1[N+](=O)[O-]. The first kappa shape index (κ1) is 13.1. The average molecular weight is 262 g/mol. The minimum atomic E-state index is -0.547. The summed E-state index contributed by atoms with van der Waals surface area (Å²) in [5.74, 6) is -0.547. The van der Waals surface area contributed by atoms with Crippen LogP contribution in [0.15, 0.2) is 24.3 Å². The van der Waals surface area contributed by atoms with Crippen LogP contribution in [0.5, 0.6) is 0 Å². The quantitative estimate of drug-likeness (QED) is 0.381. The molecule has 0 heterocycles. The molecule has 1 aromatic rings. The number of nitrogens with one attached hydrogen (secondary N) is 1. The zero-order valence-corrected chi connectivity index (χ0v) is 10.5. The van der Waals surface area contributed by atoms with Crippen molar-refractivity contribution in [1.82, 2.24) is 0 Å². The molecule has 1 aliphatic rings. The zero-order valence-electron chi connectivity index (χ0n) is 10.5. The van der Waals surface area contributed by atoms with E-state index in [1.54, 1.807) is 12.1 Å². The second kappa shape index (κ2) is 5.51. The molecule has 0 radical (unpaired) electrons. The molecular weight excluding hydrogens is 248 g/mol. The Hall–Kier alpha value is -2.37. The van der Waals surface area contributed by atoms with Gasteiger partial charge >= 0.3 is 5.97 Å². The Balaban J connectivity index is 2.23. The summed E-state index contributed by atoms with van der Waals surface area (Å²) < 4.78 is 4.45. The zero-order chi connectivity index (χ0) is 13.8. The topological polar surface area (TPSA) is 81.5 Å². The van der Waals surface area contributed by atoms with Gasteiger partial charge in [0, 0.05) is 23.9 Å². The van der Waals surface area contributed by atoms with Crippen molar-refractivity contribution in [2.45, 2.75) is 18.9 Å². The number of anilines is 1. The average Bonchev–Trinajstić information content (AvgIpc) is 3.20. The van der Waals surface area contributed by atoms with Crippen LogP contribution in [0, 0.1) is 10.1 Å². The molecule has 1 fully saturated rings. The lowest BCUT2D eigenvalue weighted by Gasteiger charge is -2.05. The van der Waals surface area contributed by atoms with Crippen molar-refractivity contribution < 1.29 is 14.5 Å². The van der Waals surface area contributed by atoms with Crippen LogP contribution in [0.2, 0.25) is 0 Å². The predicted octanol–water partition coefficient (Wildman–Crippen LogP) is 2.36. The summed E-state index contributed by atoms with van der Waals surface area (Å²) in [6.07, 6.45) is 4.73. The van der Waals surface area contributed by atoms with E-state index in [9.17, 15) is 14.9 Å². The Morgan fingerprint density at radius 3 is 2.84 bits per heavy atom. The van der Waals surface area contributed by atoms with E-state index in [0.717, 1.165) is 24.6 Å². The second-order valence-corrected chi connectivity index (χ2v) is 4.31. The summed E-state index contributed by atoms with van der Waals surface area (Å²) in [7, 11) is 1.25. The Kier molecular flexibility index (Phi) is 3.79. The van der Waals surface area contributed by atoms with Crippen molar-refractivity contribution in [2.75, 3.05) is 12.4 Å². The van der Waals surface area contributed by atoms with Crippen LogP contribution in [-0.2, 0) is 9.53 Å². The van der Waals surface area contributed by atoms with Crippen LogP contribution >= 0.6 is 0 Å². The molecule has 0 amide bonds. The van der Waals surface area contributed by atoms with Gasteiger partial charge in [-0.05, 0) is 31.1 Å². The smallest absolute Gasteiger partial charge is 0.330 e. The predicted molar refractivity (Wildman–Crippen MR) is 70.8 cm³/mol. The third kappa shape index (κ3) is 3.54. The lowest BCUT2D eigenvalue weighted by atomic mass is 10.1. The van der Waals surface area contributed by atoms with Crippen molar-refractivity contribution in [2.24, 2.45) is 0 Å². The largest absolute Gasteiger partial charge is 0.466 e. The summed E-state index contributed by atoms with van der Waals surface area (Å²) in [6.45, 7) is 0. The van der Waals surface area contributed by atoms with Crippen LogP contribution in [0.3, 0.4) is 0 Å². The van der Waals surface area contributed by atoms with E-state index in [-0.39, 0.29) is 5.69 Å². The first-order valence-electron chi connectivity index (χ1n) is 5.91. The molecule has 1 saturated carbocycles. The minimum absolute atomic E-state index is 0.0363. The first-order chi connectivity index (χ1) is 9.10. The Labute approximate surface area is 110 Å². The number of methoxy groups -OCH3 is 1. The van der Waals surface area contributed by atoms with E-state index >= 15 is 0 Å². The number of rotatable bonds is 5. The van der Waals surface area contributed by atoms with E-state index < -0.39 is 10.9 Å². The molecule has 0 spiro atoms. The maximum Gasteiger partial charge on any atom is 0.330 e. The highest BCUT2D eigenvalue weighted by Gasteiger charge is 2.22. The Morgan fingerprint density at radius 2 is 2.26 bits per heavy atom. The standard InChI is InChI=1S/C13H14N2O4/c1-19-13(16)7-3-9-2-4-11(14-10-5-6-10)8-12(9)15(17)18/h2-4,7-8,10,14H,5-6H2,1H3. The van der Waals surface area contributed by atoms with E-state index in [1.165, 1.54) is 19.3 Å². The highest BCUT2D eigenvalue weighted by molar-refractivity contribution is 5.88. The molecule has 6 heteroatoms. The van der Waals surface area contributed by atoms with E-state index in [1.807, 2.05) is 0 Å². The van der Waals surface area contributed by atoms with Gasteiger partial charge in [0.25, 0.3) is 5.69 Å². The number of esters is 1. The van der Waals surface area contributed by atoms with Crippen LogP contribution in [0.4, 0.5) is 11.4 Å². The third-order valence-electron chi connectivity index (χ3n) is 2.78. The molecule has 1 N–H and O–H groups in total. The van der Waals surface area contributed by atoms with Crippen molar-refractivity contribution in [3.8, 4) is 0 Å². The van der Waals surface area contributed by atoms with E-state index in [2.05, 4.69) is 10.1 Å². The van der Waals surface area contributed by atoms with Gasteiger partial charge in [-0.2, -0.15) is 0 Å². The Morgan fingerprint density at radius 1 is 1.53 bits per heavy atom. The first-order valence-corrected chi connectivity index (χ1v) is 5.91. The number of hydrogen-bond donors (Lipinski definition) is 1. The van der Waals surface area contributed by atoms with Gasteiger partial charge in [-0.3, -0.25) is 10.1 Å². The number of ether oxygens (including phenoxy) is 1. The maximum atomic E-state index is 11.0. The van der Waals surface area contributed by atoms with Crippen LogP contribution in [0.25, 0.3) is 6.08 Å². The monoisotopic (exact) mass is 262 g/mol. The normalized spacial score (nSPS) is 14.4. The van der Waals surface area contributed by atoms with Gasteiger partial charge in [0.05, 0.1) is 17.6 Å². The van der Waals surface area contributed by atoms with Gasteiger partial charge in [0.1, 0.15) is 0 Å². The van der Waals surface area contributed by atoms with E-state index in [4.69, 9.17) is 0 Å². The van der Waals surface area contributed by atoms with Gasteiger partial charge in [0.2, 0.25) is 0 Å². The molecule has 1 aliphatic carbocycles. The lowest BCUT2D eigenvalue weighted by molar-refractivity contribution is -0.385.